The summed E-state index contributed by atoms with van der Waals surface area (Å²) in [5.41, 5.74) is 6.53. The molecule has 0 fully saturated rings. The number of ether oxygens (including phenoxy) is 1. The van der Waals surface area contributed by atoms with Crippen molar-refractivity contribution in [1.29, 1.82) is 0 Å². The highest BCUT2D eigenvalue weighted by atomic mass is 79.9. The smallest absolute Gasteiger partial charge is 0.307 e. The maximum atomic E-state index is 11.2. The third-order valence-corrected chi connectivity index (χ3v) is 4.23. The molecule has 1 aromatic carbocycles. The minimum Gasteiger partial charge on any atom is -0.506 e. The van der Waals surface area contributed by atoms with Crippen LogP contribution in [0.5, 0.6) is 5.75 Å². The largest absolute Gasteiger partial charge is 0.506 e. The van der Waals surface area contributed by atoms with Crippen LogP contribution in [0.3, 0.4) is 0 Å². The van der Waals surface area contributed by atoms with Gasteiger partial charge in [0.05, 0.1) is 22.5 Å². The van der Waals surface area contributed by atoms with Crippen LogP contribution in [0, 0.1) is 0 Å². The number of phenols is 1. The van der Waals surface area contributed by atoms with Crippen LogP contribution in [-0.4, -0.2) is 18.2 Å². The van der Waals surface area contributed by atoms with E-state index < -0.39 is 12.0 Å². The van der Waals surface area contributed by atoms with Crippen LogP contribution in [0.1, 0.15) is 18.0 Å². The Kier molecular flexibility index (Phi) is 7.77. The molecule has 0 spiro atoms. The van der Waals surface area contributed by atoms with E-state index >= 15 is 0 Å². The number of rotatable bonds is 3. The van der Waals surface area contributed by atoms with Gasteiger partial charge < -0.3 is 15.6 Å². The van der Waals surface area contributed by atoms with Crippen LogP contribution in [0.4, 0.5) is 0 Å². The van der Waals surface area contributed by atoms with Crippen molar-refractivity contribution in [3.05, 3.63) is 25.0 Å². The highest BCUT2D eigenvalue weighted by molar-refractivity contribution is 9.11. The van der Waals surface area contributed by atoms with E-state index in [1.165, 1.54) is 7.11 Å². The number of hydrogen-bond acceptors (Lipinski definition) is 4. The summed E-state index contributed by atoms with van der Waals surface area (Å²) in [6, 6.07) is 1.11. The molecule has 0 unspecified atom stereocenters. The molecule has 1 rings (SSSR count). The van der Waals surface area contributed by atoms with E-state index in [1.54, 1.807) is 6.07 Å². The summed E-state index contributed by atoms with van der Waals surface area (Å²) in [4.78, 5) is 11.2. The Bertz CT molecular complexity index is 456. The normalized spacial score (nSPS) is 11.6. The predicted octanol–water partition coefficient (Wildman–Crippen LogP) is 3.66. The first-order chi connectivity index (χ1) is 7.88. The number of carbonyl (C=O) groups is 1. The number of esters is 1. The van der Waals surface area contributed by atoms with Gasteiger partial charge in [-0.2, -0.15) is 0 Å². The molecule has 0 saturated heterocycles. The second-order valence-electron chi connectivity index (χ2n) is 3.30. The second-order valence-corrected chi connectivity index (χ2v) is 5.80. The van der Waals surface area contributed by atoms with E-state index in [2.05, 4.69) is 52.5 Å². The van der Waals surface area contributed by atoms with Crippen LogP contribution in [0.15, 0.2) is 19.5 Å². The van der Waals surface area contributed by atoms with Crippen molar-refractivity contribution in [2.24, 2.45) is 5.73 Å². The summed E-state index contributed by atoms with van der Waals surface area (Å²) < 4.78 is 6.24. The van der Waals surface area contributed by atoms with Gasteiger partial charge in [-0.05, 0) is 37.9 Å². The first-order valence-electron chi connectivity index (χ1n) is 4.57. The molecule has 3 N–H and O–H groups in total. The quantitative estimate of drug-likeness (QED) is 0.665. The van der Waals surface area contributed by atoms with Crippen LogP contribution in [0.25, 0.3) is 0 Å². The molecule has 0 radical (unpaired) electrons. The lowest BCUT2D eigenvalue weighted by atomic mass is 10.0. The summed E-state index contributed by atoms with van der Waals surface area (Å²) in [5, 5.41) is 9.77. The van der Waals surface area contributed by atoms with Crippen molar-refractivity contribution in [3.8, 4) is 5.75 Å². The number of methoxy groups -OCH3 is 1. The summed E-state index contributed by atoms with van der Waals surface area (Å²) in [6.45, 7) is 0. The standard InChI is InChI=1S/C10H10Br3NO3.ClH/c1-17-7(15)3-6(14)8-4(11)2-5(12)10(16)9(8)13;/h2,6,16H,3,14H2,1H3;1H/t6-;/m0./s1. The van der Waals surface area contributed by atoms with Crippen molar-refractivity contribution in [1.82, 2.24) is 0 Å². The maximum absolute atomic E-state index is 11.2. The monoisotopic (exact) mass is 465 g/mol. The van der Waals surface area contributed by atoms with Gasteiger partial charge in [-0.3, -0.25) is 4.79 Å². The summed E-state index contributed by atoms with van der Waals surface area (Å²) in [5.74, 6) is -0.359. The third kappa shape index (κ3) is 4.09. The second kappa shape index (κ2) is 7.69. The topological polar surface area (TPSA) is 72.5 Å². The van der Waals surface area contributed by atoms with Gasteiger partial charge in [0.1, 0.15) is 5.75 Å². The molecule has 18 heavy (non-hydrogen) atoms. The van der Waals surface area contributed by atoms with Gasteiger partial charge in [-0.1, -0.05) is 15.9 Å². The third-order valence-electron chi connectivity index (χ3n) is 2.17. The average Bonchev–Trinajstić information content (AvgIpc) is 2.25. The molecule has 0 saturated carbocycles. The zero-order valence-electron chi connectivity index (χ0n) is 9.25. The Labute approximate surface area is 136 Å². The fourth-order valence-electron chi connectivity index (χ4n) is 1.30. The van der Waals surface area contributed by atoms with E-state index in [-0.39, 0.29) is 24.6 Å². The van der Waals surface area contributed by atoms with Gasteiger partial charge >= 0.3 is 5.97 Å². The molecule has 0 amide bonds. The number of phenolic OH excluding ortho intramolecular Hbond substituents is 1. The molecular weight excluding hydrogens is 457 g/mol. The number of aromatic hydroxyl groups is 1. The van der Waals surface area contributed by atoms with Gasteiger partial charge in [0.2, 0.25) is 0 Å². The minimum absolute atomic E-state index is 0. The summed E-state index contributed by atoms with van der Waals surface area (Å²) >= 11 is 9.80. The number of hydrogen-bond donors (Lipinski definition) is 2. The molecule has 1 aromatic rings. The number of nitrogens with two attached hydrogens (primary N) is 1. The Balaban J connectivity index is 0.00000289. The van der Waals surface area contributed by atoms with Gasteiger partial charge in [0.25, 0.3) is 0 Å². The molecule has 0 aliphatic rings. The van der Waals surface area contributed by atoms with Crippen LogP contribution >= 0.6 is 60.2 Å². The van der Waals surface area contributed by atoms with E-state index in [4.69, 9.17) is 5.73 Å². The highest BCUT2D eigenvalue weighted by Crippen LogP contribution is 2.42. The molecule has 8 heteroatoms. The van der Waals surface area contributed by atoms with Crippen molar-refractivity contribution in [3.63, 3.8) is 0 Å². The zero-order valence-corrected chi connectivity index (χ0v) is 14.8. The first kappa shape index (κ1) is 18.2. The lowest BCUT2D eigenvalue weighted by Crippen LogP contribution is -2.17. The molecule has 0 aliphatic carbocycles. The molecule has 0 bridgehead atoms. The van der Waals surface area contributed by atoms with Gasteiger partial charge in [0.15, 0.2) is 0 Å². The Morgan fingerprint density at radius 3 is 2.50 bits per heavy atom. The lowest BCUT2D eigenvalue weighted by Gasteiger charge is -2.16. The van der Waals surface area contributed by atoms with E-state index in [9.17, 15) is 9.90 Å². The summed E-state index contributed by atoms with van der Waals surface area (Å²) in [7, 11) is 1.30. The van der Waals surface area contributed by atoms with Crippen molar-refractivity contribution >= 4 is 66.2 Å². The van der Waals surface area contributed by atoms with Crippen molar-refractivity contribution < 1.29 is 14.6 Å². The molecule has 4 nitrogen and oxygen atoms in total. The fraction of sp³-hybridized carbons (Fsp3) is 0.300. The van der Waals surface area contributed by atoms with Crippen LogP contribution in [-0.2, 0) is 9.53 Å². The summed E-state index contributed by atoms with van der Waals surface area (Å²) in [6.07, 6.45) is 0.0365. The first-order valence-corrected chi connectivity index (χ1v) is 6.95. The van der Waals surface area contributed by atoms with Gasteiger partial charge in [-0.15, -0.1) is 12.4 Å². The van der Waals surface area contributed by atoms with Crippen LogP contribution in [0.2, 0.25) is 0 Å². The lowest BCUT2D eigenvalue weighted by molar-refractivity contribution is -0.141. The van der Waals surface area contributed by atoms with E-state index in [1.807, 2.05) is 0 Å². The highest BCUT2D eigenvalue weighted by Gasteiger charge is 2.21. The van der Waals surface area contributed by atoms with Crippen molar-refractivity contribution in [2.45, 2.75) is 12.5 Å². The molecule has 1 atom stereocenters. The molecule has 0 heterocycles. The zero-order chi connectivity index (χ0) is 13.2. The molecule has 102 valence electrons. The fourth-order valence-corrected chi connectivity index (χ4v) is 4.01. The molecule has 0 aliphatic heterocycles. The number of benzene rings is 1. The number of carbonyl (C=O) groups excluding carboxylic acids is 1. The minimum atomic E-state index is -0.565. The maximum Gasteiger partial charge on any atom is 0.307 e. The Morgan fingerprint density at radius 2 is 2.00 bits per heavy atom. The molecular formula is C10H11Br3ClNO3. The van der Waals surface area contributed by atoms with Crippen molar-refractivity contribution in [2.75, 3.05) is 7.11 Å². The SMILES string of the molecule is COC(=O)C[C@H](N)c1c(Br)cc(Br)c(O)c1Br.Cl. The van der Waals surface area contributed by atoms with Gasteiger partial charge in [-0.25, -0.2) is 0 Å². The molecule has 0 aromatic heterocycles. The Morgan fingerprint density at radius 1 is 1.44 bits per heavy atom. The number of halogens is 4. The van der Waals surface area contributed by atoms with E-state index in [0.29, 0.717) is 19.0 Å². The van der Waals surface area contributed by atoms with E-state index in [0.717, 1.165) is 0 Å². The van der Waals surface area contributed by atoms with Crippen LogP contribution < -0.4 is 5.73 Å². The average molecular weight is 468 g/mol. The Hall–Kier alpha value is 0.180. The van der Waals surface area contributed by atoms with Gasteiger partial charge in [0, 0.05) is 16.1 Å². The predicted molar refractivity (Wildman–Crippen MR) is 82.0 cm³/mol.